The Balaban J connectivity index is 2.03. The highest BCUT2D eigenvalue weighted by Crippen LogP contribution is 2.32. The number of aliphatic hydroxyl groups is 4. The number of hydrogen-bond acceptors (Lipinski definition) is 7. The Morgan fingerprint density at radius 1 is 1.20 bits per heavy atom. The van der Waals surface area contributed by atoms with E-state index in [-0.39, 0.29) is 13.2 Å². The molecule has 20 heavy (non-hydrogen) atoms. The summed E-state index contributed by atoms with van der Waals surface area (Å²) in [6.45, 7) is -0.607. The second-order valence-electron chi connectivity index (χ2n) is 4.67. The largest absolute Gasteiger partial charge is 0.394 e. The van der Waals surface area contributed by atoms with Crippen LogP contribution in [0.4, 0.5) is 0 Å². The van der Waals surface area contributed by atoms with Crippen molar-refractivity contribution in [2.75, 3.05) is 6.61 Å². The summed E-state index contributed by atoms with van der Waals surface area (Å²) in [4.78, 5) is 8.07. The van der Waals surface area contributed by atoms with Gasteiger partial charge in [0.25, 0.3) is 0 Å². The Bertz CT molecular complexity index is 616. The fraction of sp³-hybridized carbons (Fsp3) is 0.500. The van der Waals surface area contributed by atoms with E-state index in [4.69, 9.17) is 9.84 Å². The van der Waals surface area contributed by atoms with Crippen LogP contribution in [0.25, 0.3) is 11.0 Å². The van der Waals surface area contributed by atoms with Crippen LogP contribution in [0.5, 0.6) is 0 Å². The van der Waals surface area contributed by atoms with Crippen LogP contribution in [-0.2, 0) is 11.3 Å². The van der Waals surface area contributed by atoms with Crippen LogP contribution >= 0.6 is 0 Å². The fourth-order valence-corrected chi connectivity index (χ4v) is 2.46. The van der Waals surface area contributed by atoms with E-state index in [1.54, 1.807) is 16.8 Å². The van der Waals surface area contributed by atoms with Crippen LogP contribution in [0.3, 0.4) is 0 Å². The topological polar surface area (TPSA) is 121 Å². The van der Waals surface area contributed by atoms with Crippen LogP contribution in [0.1, 0.15) is 11.9 Å². The van der Waals surface area contributed by atoms with Gasteiger partial charge in [-0.3, -0.25) is 0 Å². The van der Waals surface area contributed by atoms with Gasteiger partial charge in [-0.05, 0) is 6.07 Å². The summed E-state index contributed by atoms with van der Waals surface area (Å²) < 4.78 is 7.01. The van der Waals surface area contributed by atoms with Crippen molar-refractivity contribution in [3.63, 3.8) is 0 Å². The van der Waals surface area contributed by atoms with Crippen molar-refractivity contribution in [3.8, 4) is 0 Å². The average Bonchev–Trinajstić information content (AvgIpc) is 3.01. The highest BCUT2D eigenvalue weighted by atomic mass is 16.6. The summed E-state index contributed by atoms with van der Waals surface area (Å²) in [5, 5.41) is 38.8. The first kappa shape index (κ1) is 13.4. The highest BCUT2D eigenvalue weighted by molar-refractivity contribution is 5.78. The molecule has 2 aromatic heterocycles. The van der Waals surface area contributed by atoms with E-state index in [1.807, 2.05) is 0 Å². The van der Waals surface area contributed by atoms with Gasteiger partial charge in [0, 0.05) is 11.6 Å². The molecule has 2 aromatic rings. The summed E-state index contributed by atoms with van der Waals surface area (Å²) in [5.41, 5.74) is 0.958. The number of ether oxygens (including phenoxy) is 1. The fourth-order valence-electron chi connectivity index (χ4n) is 2.46. The van der Waals surface area contributed by atoms with Gasteiger partial charge in [-0.15, -0.1) is 0 Å². The summed E-state index contributed by atoms with van der Waals surface area (Å²) in [6.07, 6.45) is -1.07. The first-order valence-corrected chi connectivity index (χ1v) is 6.21. The molecule has 8 nitrogen and oxygen atoms in total. The SMILES string of the molecule is OCc1ncnc2c1ccn2[C@@H]1O[C@H](CO)[C@@H](O)[C@H]1O. The summed E-state index contributed by atoms with van der Waals surface area (Å²) in [7, 11) is 0. The van der Waals surface area contributed by atoms with E-state index in [2.05, 4.69) is 9.97 Å². The lowest BCUT2D eigenvalue weighted by molar-refractivity contribution is -0.0508. The van der Waals surface area contributed by atoms with E-state index in [0.29, 0.717) is 16.7 Å². The molecule has 4 N–H and O–H groups in total. The van der Waals surface area contributed by atoms with Gasteiger partial charge in [-0.25, -0.2) is 9.97 Å². The van der Waals surface area contributed by atoms with Crippen LogP contribution in [-0.4, -0.2) is 59.9 Å². The van der Waals surface area contributed by atoms with Gasteiger partial charge in [0.2, 0.25) is 0 Å². The van der Waals surface area contributed by atoms with E-state index in [0.717, 1.165) is 0 Å². The van der Waals surface area contributed by atoms with E-state index < -0.39 is 24.5 Å². The normalized spacial score (nSPS) is 30.2. The van der Waals surface area contributed by atoms with Crippen molar-refractivity contribution in [2.24, 2.45) is 0 Å². The third-order valence-electron chi connectivity index (χ3n) is 3.53. The quantitative estimate of drug-likeness (QED) is 0.542. The van der Waals surface area contributed by atoms with E-state index >= 15 is 0 Å². The number of hydrogen-bond donors (Lipinski definition) is 4. The minimum absolute atomic E-state index is 0.223. The van der Waals surface area contributed by atoms with Gasteiger partial charge >= 0.3 is 0 Å². The molecule has 1 fully saturated rings. The maximum absolute atomic E-state index is 10.0. The summed E-state index contributed by atoms with van der Waals surface area (Å²) >= 11 is 0. The van der Waals surface area contributed by atoms with E-state index in [9.17, 15) is 15.3 Å². The van der Waals surface area contributed by atoms with Crippen molar-refractivity contribution >= 4 is 11.0 Å². The van der Waals surface area contributed by atoms with Crippen LogP contribution in [0.2, 0.25) is 0 Å². The lowest BCUT2D eigenvalue weighted by Crippen LogP contribution is -2.33. The average molecular weight is 281 g/mol. The molecular formula is C12H15N3O5. The molecule has 0 bridgehead atoms. The van der Waals surface area contributed by atoms with Crippen molar-refractivity contribution in [3.05, 3.63) is 24.3 Å². The standard InChI is InChI=1S/C12H15N3O5/c16-3-7-6-1-2-15(11(6)14-5-13-7)12-10(19)9(18)8(4-17)20-12/h1-2,5,8-10,12,16-19H,3-4H2/t8-,9-,10-,12-/m1/s1. The lowest BCUT2D eigenvalue weighted by Gasteiger charge is -2.17. The van der Waals surface area contributed by atoms with Gasteiger partial charge in [0.15, 0.2) is 6.23 Å². The zero-order chi connectivity index (χ0) is 14.3. The van der Waals surface area contributed by atoms with Crippen molar-refractivity contribution in [1.29, 1.82) is 0 Å². The Morgan fingerprint density at radius 2 is 2.00 bits per heavy atom. The molecule has 0 radical (unpaired) electrons. The predicted molar refractivity (Wildman–Crippen MR) is 66.5 cm³/mol. The molecule has 4 atom stereocenters. The Hall–Kier alpha value is -1.58. The van der Waals surface area contributed by atoms with Gasteiger partial charge < -0.3 is 29.7 Å². The van der Waals surface area contributed by atoms with Crippen LogP contribution < -0.4 is 0 Å². The molecule has 8 heteroatoms. The van der Waals surface area contributed by atoms with Gasteiger partial charge in [0.1, 0.15) is 30.3 Å². The van der Waals surface area contributed by atoms with Crippen molar-refractivity contribution < 1.29 is 25.2 Å². The summed E-state index contributed by atoms with van der Waals surface area (Å²) in [6, 6.07) is 1.70. The first-order chi connectivity index (χ1) is 9.67. The number of fused-ring (bicyclic) bond motifs is 1. The number of rotatable bonds is 3. The molecular weight excluding hydrogens is 266 g/mol. The van der Waals surface area contributed by atoms with Gasteiger partial charge in [-0.1, -0.05) is 0 Å². The van der Waals surface area contributed by atoms with Gasteiger partial charge in [0.05, 0.1) is 18.9 Å². The molecule has 0 saturated carbocycles. The minimum Gasteiger partial charge on any atom is -0.394 e. The zero-order valence-electron chi connectivity index (χ0n) is 10.5. The van der Waals surface area contributed by atoms with Crippen LogP contribution in [0.15, 0.2) is 18.6 Å². The molecule has 1 saturated heterocycles. The third-order valence-corrected chi connectivity index (χ3v) is 3.53. The monoisotopic (exact) mass is 281 g/mol. The number of aromatic nitrogens is 3. The maximum Gasteiger partial charge on any atom is 0.164 e. The molecule has 0 unspecified atom stereocenters. The van der Waals surface area contributed by atoms with Crippen LogP contribution in [0, 0.1) is 0 Å². The number of aliphatic hydroxyl groups excluding tert-OH is 4. The zero-order valence-corrected chi connectivity index (χ0v) is 10.5. The van der Waals surface area contributed by atoms with Crippen molar-refractivity contribution in [2.45, 2.75) is 31.1 Å². The smallest absolute Gasteiger partial charge is 0.164 e. The Morgan fingerprint density at radius 3 is 2.65 bits per heavy atom. The lowest BCUT2D eigenvalue weighted by atomic mass is 10.1. The first-order valence-electron chi connectivity index (χ1n) is 6.21. The number of nitrogens with zero attached hydrogens (tertiary/aromatic N) is 3. The molecule has 0 amide bonds. The maximum atomic E-state index is 10.0. The molecule has 0 aromatic carbocycles. The Labute approximate surface area is 113 Å². The molecule has 0 aliphatic carbocycles. The molecule has 108 valence electrons. The molecule has 3 rings (SSSR count). The molecule has 3 heterocycles. The molecule has 0 spiro atoms. The minimum atomic E-state index is -1.17. The van der Waals surface area contributed by atoms with E-state index in [1.165, 1.54) is 6.33 Å². The predicted octanol–water partition coefficient (Wildman–Crippen LogP) is -1.46. The molecule has 1 aliphatic heterocycles. The second-order valence-corrected chi connectivity index (χ2v) is 4.67. The molecule has 1 aliphatic rings. The third kappa shape index (κ3) is 1.89. The second kappa shape index (κ2) is 5.08. The summed E-state index contributed by atoms with van der Waals surface area (Å²) in [5.74, 6) is 0. The van der Waals surface area contributed by atoms with Crippen molar-refractivity contribution in [1.82, 2.24) is 14.5 Å². The Kier molecular flexibility index (Phi) is 3.40. The highest BCUT2D eigenvalue weighted by Gasteiger charge is 2.43. The van der Waals surface area contributed by atoms with Gasteiger partial charge in [-0.2, -0.15) is 0 Å².